The molecular formula is C16H22F2N2O. The molecule has 0 N–H and O–H groups in total. The molecule has 1 aliphatic heterocycles. The molecule has 1 aromatic rings. The second-order valence-corrected chi connectivity index (χ2v) is 5.95. The van der Waals surface area contributed by atoms with Crippen LogP contribution in [0.1, 0.15) is 30.6 Å². The van der Waals surface area contributed by atoms with Crippen molar-refractivity contribution in [3.05, 3.63) is 35.4 Å². The van der Waals surface area contributed by atoms with Gasteiger partial charge in [0.2, 0.25) is 0 Å². The van der Waals surface area contributed by atoms with Crippen LogP contribution >= 0.6 is 0 Å². The second kappa shape index (κ2) is 6.62. The number of nitrogens with zero attached hydrogens (tertiary/aromatic N) is 2. The van der Waals surface area contributed by atoms with Gasteiger partial charge in [-0.25, -0.2) is 8.78 Å². The average molecular weight is 296 g/mol. The Balaban J connectivity index is 1.92. The lowest BCUT2D eigenvalue weighted by molar-refractivity contribution is 0.0575. The zero-order valence-corrected chi connectivity index (χ0v) is 12.8. The summed E-state index contributed by atoms with van der Waals surface area (Å²) in [4.78, 5) is 16.6. The summed E-state index contributed by atoms with van der Waals surface area (Å²) < 4.78 is 26.2. The summed E-state index contributed by atoms with van der Waals surface area (Å²) in [6.07, 6.45) is 0.284. The van der Waals surface area contributed by atoms with Gasteiger partial charge in [0.25, 0.3) is 0 Å². The van der Waals surface area contributed by atoms with E-state index in [1.807, 2.05) is 0 Å². The Morgan fingerprint density at radius 3 is 2.19 bits per heavy atom. The molecule has 1 heterocycles. The van der Waals surface area contributed by atoms with Gasteiger partial charge in [0.1, 0.15) is 11.6 Å². The Kier molecular flexibility index (Phi) is 5.06. The van der Waals surface area contributed by atoms with Gasteiger partial charge < -0.3 is 0 Å². The molecule has 1 fully saturated rings. The first-order chi connectivity index (χ1) is 9.86. The van der Waals surface area contributed by atoms with Crippen molar-refractivity contribution in [2.45, 2.75) is 32.4 Å². The fourth-order valence-electron chi connectivity index (χ4n) is 2.82. The van der Waals surface area contributed by atoms with Crippen molar-refractivity contribution in [2.75, 3.05) is 26.7 Å². The monoisotopic (exact) mass is 296 g/mol. The van der Waals surface area contributed by atoms with E-state index in [-0.39, 0.29) is 17.8 Å². The highest BCUT2D eigenvalue weighted by atomic mass is 19.1. The number of ketones is 1. The number of carbonyl (C=O) groups is 1. The summed E-state index contributed by atoms with van der Waals surface area (Å²) in [5.74, 6) is -1.63. The Morgan fingerprint density at radius 2 is 1.67 bits per heavy atom. The molecule has 3 nitrogen and oxygen atoms in total. The largest absolute Gasteiger partial charge is 0.300 e. The van der Waals surface area contributed by atoms with Crippen molar-refractivity contribution >= 4 is 5.78 Å². The fraction of sp³-hybridized carbons (Fsp3) is 0.562. The van der Waals surface area contributed by atoms with Crippen molar-refractivity contribution in [3.63, 3.8) is 0 Å². The standard InChI is InChI=1S/C16H22F2N2O/c1-11-9-20(10-12(2)19(11)3)5-4-16(21)13-6-14(17)8-15(18)7-13/h6-8,11-12H,4-5,9-10H2,1-3H3. The van der Waals surface area contributed by atoms with E-state index in [9.17, 15) is 13.6 Å². The van der Waals surface area contributed by atoms with Crippen LogP contribution in [0, 0.1) is 11.6 Å². The third kappa shape index (κ3) is 4.08. The minimum atomic E-state index is -0.708. The molecule has 21 heavy (non-hydrogen) atoms. The van der Waals surface area contributed by atoms with E-state index < -0.39 is 11.6 Å². The van der Waals surface area contributed by atoms with E-state index in [1.165, 1.54) is 0 Å². The molecule has 0 saturated carbocycles. The van der Waals surface area contributed by atoms with Gasteiger partial charge in [0, 0.05) is 49.8 Å². The molecule has 5 heteroatoms. The number of piperazine rings is 1. The van der Waals surface area contributed by atoms with E-state index in [1.54, 1.807) is 0 Å². The smallest absolute Gasteiger partial charge is 0.164 e. The normalized spacial score (nSPS) is 24.2. The second-order valence-electron chi connectivity index (χ2n) is 5.95. The first-order valence-corrected chi connectivity index (χ1v) is 7.30. The maximum atomic E-state index is 13.1. The Labute approximate surface area is 124 Å². The molecule has 0 aromatic heterocycles. The van der Waals surface area contributed by atoms with Crippen LogP contribution in [0.3, 0.4) is 0 Å². The van der Waals surface area contributed by atoms with Crippen LogP contribution in [0.25, 0.3) is 0 Å². The molecule has 116 valence electrons. The zero-order chi connectivity index (χ0) is 15.6. The Morgan fingerprint density at radius 1 is 1.14 bits per heavy atom. The van der Waals surface area contributed by atoms with Crippen LogP contribution < -0.4 is 0 Å². The highest BCUT2D eigenvalue weighted by Crippen LogP contribution is 2.15. The molecule has 0 bridgehead atoms. The summed E-state index contributed by atoms with van der Waals surface area (Å²) in [5.41, 5.74) is 0.114. The molecular weight excluding hydrogens is 274 g/mol. The summed E-state index contributed by atoms with van der Waals surface area (Å²) in [7, 11) is 2.10. The molecule has 1 aliphatic rings. The van der Waals surface area contributed by atoms with Crippen LogP contribution in [0.5, 0.6) is 0 Å². The molecule has 2 unspecified atom stereocenters. The summed E-state index contributed by atoms with van der Waals surface area (Å²) >= 11 is 0. The van der Waals surface area contributed by atoms with Crippen molar-refractivity contribution in [1.29, 1.82) is 0 Å². The van der Waals surface area contributed by atoms with Gasteiger partial charge in [0.15, 0.2) is 5.78 Å². The molecule has 2 rings (SSSR count). The van der Waals surface area contributed by atoms with Gasteiger partial charge in [0.05, 0.1) is 0 Å². The Hall–Kier alpha value is -1.33. The summed E-state index contributed by atoms with van der Waals surface area (Å²) in [5, 5.41) is 0. The zero-order valence-electron chi connectivity index (χ0n) is 12.8. The number of Topliss-reactive ketones (excluding diaryl/α,β-unsaturated/α-hetero) is 1. The quantitative estimate of drug-likeness (QED) is 0.798. The van der Waals surface area contributed by atoms with Crippen LogP contribution in [0.15, 0.2) is 18.2 Å². The van der Waals surface area contributed by atoms with Crippen LogP contribution in [0.2, 0.25) is 0 Å². The molecule has 1 saturated heterocycles. The predicted molar refractivity (Wildman–Crippen MR) is 78.4 cm³/mol. The van der Waals surface area contributed by atoms with Crippen LogP contribution in [-0.4, -0.2) is 54.3 Å². The van der Waals surface area contributed by atoms with Crippen molar-refractivity contribution < 1.29 is 13.6 Å². The van der Waals surface area contributed by atoms with E-state index in [0.717, 1.165) is 31.3 Å². The van der Waals surface area contributed by atoms with Gasteiger partial charge in [-0.05, 0) is 33.0 Å². The Bertz CT molecular complexity index is 489. The molecule has 0 radical (unpaired) electrons. The first kappa shape index (κ1) is 16.0. The summed E-state index contributed by atoms with van der Waals surface area (Å²) in [6, 6.07) is 3.85. The van der Waals surface area contributed by atoms with Crippen molar-refractivity contribution in [1.82, 2.24) is 9.80 Å². The highest BCUT2D eigenvalue weighted by molar-refractivity contribution is 5.96. The number of benzene rings is 1. The van der Waals surface area contributed by atoms with Gasteiger partial charge in [-0.2, -0.15) is 0 Å². The number of hydrogen-bond donors (Lipinski definition) is 0. The third-order valence-electron chi connectivity index (χ3n) is 4.27. The number of hydrogen-bond acceptors (Lipinski definition) is 3. The fourth-order valence-corrected chi connectivity index (χ4v) is 2.82. The average Bonchev–Trinajstić information content (AvgIpc) is 2.40. The highest BCUT2D eigenvalue weighted by Gasteiger charge is 2.26. The van der Waals surface area contributed by atoms with Gasteiger partial charge >= 0.3 is 0 Å². The minimum Gasteiger partial charge on any atom is -0.300 e. The van der Waals surface area contributed by atoms with Gasteiger partial charge in [-0.15, -0.1) is 0 Å². The summed E-state index contributed by atoms with van der Waals surface area (Å²) in [6.45, 7) is 6.76. The lowest BCUT2D eigenvalue weighted by Crippen LogP contribution is -2.55. The lowest BCUT2D eigenvalue weighted by atomic mass is 10.1. The minimum absolute atomic E-state index is 0.114. The predicted octanol–water partition coefficient (Wildman–Crippen LogP) is 2.56. The molecule has 1 aromatic carbocycles. The molecule has 0 amide bonds. The van der Waals surface area contributed by atoms with E-state index >= 15 is 0 Å². The van der Waals surface area contributed by atoms with E-state index in [4.69, 9.17) is 0 Å². The molecule has 0 aliphatic carbocycles. The van der Waals surface area contributed by atoms with Crippen LogP contribution in [-0.2, 0) is 0 Å². The lowest BCUT2D eigenvalue weighted by Gasteiger charge is -2.42. The van der Waals surface area contributed by atoms with Gasteiger partial charge in [-0.3, -0.25) is 14.6 Å². The molecule has 0 spiro atoms. The molecule has 2 atom stereocenters. The SMILES string of the molecule is CC1CN(CCC(=O)c2cc(F)cc(F)c2)CC(C)N1C. The third-order valence-corrected chi connectivity index (χ3v) is 4.27. The maximum Gasteiger partial charge on any atom is 0.164 e. The number of carbonyl (C=O) groups excluding carboxylic acids is 1. The maximum absolute atomic E-state index is 13.1. The first-order valence-electron chi connectivity index (χ1n) is 7.30. The number of likely N-dealkylation sites (N-methyl/N-ethyl adjacent to an activating group) is 1. The van der Waals surface area contributed by atoms with Crippen molar-refractivity contribution in [2.24, 2.45) is 0 Å². The van der Waals surface area contributed by atoms with Crippen molar-refractivity contribution in [3.8, 4) is 0 Å². The van der Waals surface area contributed by atoms with Crippen LogP contribution in [0.4, 0.5) is 8.78 Å². The number of halogens is 2. The van der Waals surface area contributed by atoms with E-state index in [2.05, 4.69) is 30.7 Å². The van der Waals surface area contributed by atoms with Gasteiger partial charge in [-0.1, -0.05) is 0 Å². The topological polar surface area (TPSA) is 23.6 Å². The van der Waals surface area contributed by atoms with E-state index in [0.29, 0.717) is 18.6 Å². The number of rotatable bonds is 4.